The van der Waals surface area contributed by atoms with Crippen molar-refractivity contribution >= 4 is 33.2 Å². The lowest BCUT2D eigenvalue weighted by atomic mass is 9.99. The Morgan fingerprint density at radius 3 is 2.79 bits per heavy atom. The monoisotopic (exact) mass is 438 g/mol. The third kappa shape index (κ3) is 4.55. The third-order valence-corrected chi connectivity index (χ3v) is 6.89. The number of ether oxygens (including phenoxy) is 1. The lowest BCUT2D eigenvalue weighted by Crippen LogP contribution is -2.45. The average Bonchev–Trinajstić information content (AvgIpc) is 2.72. The summed E-state index contributed by atoms with van der Waals surface area (Å²) < 4.78 is 33.3. The van der Waals surface area contributed by atoms with E-state index in [1.165, 1.54) is 12.1 Å². The van der Waals surface area contributed by atoms with Crippen LogP contribution in [0.1, 0.15) is 26.0 Å². The van der Waals surface area contributed by atoms with Crippen LogP contribution in [0.4, 0.5) is 5.82 Å². The first-order chi connectivity index (χ1) is 13.8. The number of pyridine rings is 1. The van der Waals surface area contributed by atoms with Crippen molar-refractivity contribution in [2.45, 2.75) is 37.7 Å². The summed E-state index contributed by atoms with van der Waals surface area (Å²) in [7, 11) is -4.00. The fourth-order valence-electron chi connectivity index (χ4n) is 2.97. The van der Waals surface area contributed by atoms with Crippen LogP contribution in [0.3, 0.4) is 0 Å². The maximum atomic E-state index is 13.3. The van der Waals surface area contributed by atoms with Gasteiger partial charge in [-0.3, -0.25) is 4.79 Å². The normalized spacial score (nSPS) is 17.4. The van der Waals surface area contributed by atoms with E-state index in [1.807, 2.05) is 13.8 Å². The number of carbonyl (C=O) groups is 1. The van der Waals surface area contributed by atoms with Crippen LogP contribution in [0.5, 0.6) is 5.75 Å². The number of aliphatic hydroxyl groups excluding tert-OH is 1. The van der Waals surface area contributed by atoms with Gasteiger partial charge in [0.1, 0.15) is 11.9 Å². The number of nitrogens with zero attached hydrogens (tertiary/aromatic N) is 2. The maximum absolute atomic E-state index is 13.3. The van der Waals surface area contributed by atoms with Crippen LogP contribution < -0.4 is 9.04 Å². The number of sulfonamides is 1. The van der Waals surface area contributed by atoms with Crippen molar-refractivity contribution < 1.29 is 23.1 Å². The summed E-state index contributed by atoms with van der Waals surface area (Å²) in [6.45, 7) is 3.33. The number of fused-ring (bicyclic) bond motifs is 1. The predicted octanol–water partition coefficient (Wildman–Crippen LogP) is 2.84. The maximum Gasteiger partial charge on any atom is 0.265 e. The van der Waals surface area contributed by atoms with Crippen molar-refractivity contribution in [2.75, 3.05) is 17.5 Å². The first-order valence-electron chi connectivity index (χ1n) is 9.34. The molecule has 7 nitrogen and oxygen atoms in total. The quantitative estimate of drug-likeness (QED) is 0.713. The van der Waals surface area contributed by atoms with Crippen LogP contribution in [-0.4, -0.2) is 43.5 Å². The zero-order chi connectivity index (χ0) is 21.2. The molecular formula is C20H23ClN2O5S. The molecule has 0 saturated carbocycles. The third-order valence-electron chi connectivity index (χ3n) is 4.90. The summed E-state index contributed by atoms with van der Waals surface area (Å²) >= 11 is 5.97. The molecule has 0 unspecified atom stereocenters. The minimum Gasteiger partial charge on any atom is -0.482 e. The zero-order valence-electron chi connectivity index (χ0n) is 16.2. The Kier molecular flexibility index (Phi) is 6.45. The largest absolute Gasteiger partial charge is 0.482 e. The summed E-state index contributed by atoms with van der Waals surface area (Å²) in [5.41, 5.74) is 0.464. The van der Waals surface area contributed by atoms with Crippen LogP contribution in [0, 0.1) is 5.92 Å². The topological polar surface area (TPSA) is 96.8 Å². The molecule has 156 valence electrons. The number of ketones is 1. The van der Waals surface area contributed by atoms with Gasteiger partial charge < -0.3 is 9.84 Å². The second-order valence-corrected chi connectivity index (χ2v) is 9.29. The molecular weight excluding hydrogens is 416 g/mol. The minimum atomic E-state index is -4.00. The van der Waals surface area contributed by atoms with E-state index < -0.39 is 16.1 Å². The number of Topliss-reactive ketones (excluding diaryl/α,β-unsaturated/α-hetero) is 1. The Morgan fingerprint density at radius 2 is 2.14 bits per heavy atom. The molecule has 29 heavy (non-hydrogen) atoms. The number of aromatic nitrogens is 1. The van der Waals surface area contributed by atoms with E-state index >= 15 is 0 Å². The molecule has 1 N–H and O–H groups in total. The average molecular weight is 439 g/mol. The Hall–Kier alpha value is -2.16. The molecule has 1 aromatic heterocycles. The van der Waals surface area contributed by atoms with E-state index in [0.717, 1.165) is 10.7 Å². The highest BCUT2D eigenvalue weighted by atomic mass is 35.5. The first-order valence-corrected chi connectivity index (χ1v) is 11.2. The van der Waals surface area contributed by atoms with E-state index in [4.69, 9.17) is 16.3 Å². The van der Waals surface area contributed by atoms with E-state index in [-0.39, 0.29) is 47.7 Å². The summed E-state index contributed by atoms with van der Waals surface area (Å²) in [4.78, 5) is 16.7. The van der Waals surface area contributed by atoms with Gasteiger partial charge >= 0.3 is 0 Å². The first kappa shape index (κ1) is 21.5. The van der Waals surface area contributed by atoms with Crippen LogP contribution >= 0.6 is 11.6 Å². The highest BCUT2D eigenvalue weighted by molar-refractivity contribution is 7.92. The number of rotatable bonds is 7. The molecule has 3 rings (SSSR count). The van der Waals surface area contributed by atoms with Crippen LogP contribution in [0.15, 0.2) is 41.3 Å². The van der Waals surface area contributed by atoms with E-state index in [9.17, 15) is 18.3 Å². The molecule has 1 aliphatic rings. The highest BCUT2D eigenvalue weighted by Crippen LogP contribution is 2.36. The van der Waals surface area contributed by atoms with Gasteiger partial charge in [-0.2, -0.15) is 0 Å². The molecule has 9 heteroatoms. The van der Waals surface area contributed by atoms with Gasteiger partial charge in [-0.1, -0.05) is 31.5 Å². The summed E-state index contributed by atoms with van der Waals surface area (Å²) in [6.07, 6.45) is 0.0998. The molecule has 2 heterocycles. The fourth-order valence-corrected chi connectivity index (χ4v) is 4.73. The standard InChI is InChI=1S/C20H23ClN2O5S/c1-3-13(2)18(25)10-15-7-8-19-20(22-15)23(11-16(12-24)28-19)29(26,27)17-6-4-5-14(21)9-17/h4-9,13,16,24H,3,10-12H2,1-2H3/t13-,16+/m0/s1. The number of benzene rings is 1. The molecule has 0 saturated heterocycles. The van der Waals surface area contributed by atoms with Crippen LogP contribution in [0.25, 0.3) is 0 Å². The molecule has 2 atom stereocenters. The second-order valence-electron chi connectivity index (χ2n) is 6.99. The molecule has 1 aromatic carbocycles. The number of hydrogen-bond donors (Lipinski definition) is 1. The summed E-state index contributed by atoms with van der Waals surface area (Å²) in [6, 6.07) is 9.17. The van der Waals surface area contributed by atoms with E-state index in [0.29, 0.717) is 10.7 Å². The lowest BCUT2D eigenvalue weighted by molar-refractivity contribution is -0.121. The van der Waals surface area contributed by atoms with E-state index in [2.05, 4.69) is 4.98 Å². The SMILES string of the molecule is CC[C@H](C)C(=O)Cc1ccc2c(n1)N(S(=O)(=O)c1cccc(Cl)c1)C[C@H](CO)O2. The Morgan fingerprint density at radius 1 is 1.38 bits per heavy atom. The van der Waals surface area contributed by atoms with Crippen molar-refractivity contribution in [3.8, 4) is 5.75 Å². The van der Waals surface area contributed by atoms with Crippen molar-refractivity contribution in [1.29, 1.82) is 0 Å². The van der Waals surface area contributed by atoms with Gasteiger partial charge in [-0.05, 0) is 36.8 Å². The van der Waals surface area contributed by atoms with Crippen LogP contribution in [0.2, 0.25) is 5.02 Å². The van der Waals surface area contributed by atoms with Crippen molar-refractivity contribution in [3.63, 3.8) is 0 Å². The van der Waals surface area contributed by atoms with Gasteiger partial charge in [0.2, 0.25) is 0 Å². The molecule has 0 aliphatic carbocycles. The summed E-state index contributed by atoms with van der Waals surface area (Å²) in [5, 5.41) is 9.83. The van der Waals surface area contributed by atoms with Crippen LogP contribution in [-0.2, 0) is 21.2 Å². The Balaban J connectivity index is 2.03. The number of aliphatic hydroxyl groups is 1. The van der Waals surface area contributed by atoms with Gasteiger partial charge in [0.05, 0.1) is 23.7 Å². The molecule has 0 amide bonds. The predicted molar refractivity (Wildman–Crippen MR) is 110 cm³/mol. The van der Waals surface area contributed by atoms with Gasteiger partial charge in [0.15, 0.2) is 11.6 Å². The minimum absolute atomic E-state index is 0.0115. The Labute approximate surface area is 175 Å². The van der Waals surface area contributed by atoms with Gasteiger partial charge in [-0.15, -0.1) is 0 Å². The zero-order valence-corrected chi connectivity index (χ0v) is 17.8. The molecule has 0 radical (unpaired) electrons. The molecule has 2 aromatic rings. The van der Waals surface area contributed by atoms with Gasteiger partial charge in [-0.25, -0.2) is 17.7 Å². The number of carbonyl (C=O) groups excluding carboxylic acids is 1. The van der Waals surface area contributed by atoms with Crippen molar-refractivity contribution in [3.05, 3.63) is 47.1 Å². The number of anilines is 1. The molecule has 0 fully saturated rings. The molecule has 1 aliphatic heterocycles. The smallest absolute Gasteiger partial charge is 0.265 e. The number of halogens is 1. The summed E-state index contributed by atoms with van der Waals surface area (Å²) in [5.74, 6) is 0.271. The van der Waals surface area contributed by atoms with Crippen molar-refractivity contribution in [1.82, 2.24) is 4.98 Å². The van der Waals surface area contributed by atoms with Gasteiger partial charge in [0.25, 0.3) is 10.0 Å². The highest BCUT2D eigenvalue weighted by Gasteiger charge is 2.36. The molecule has 0 spiro atoms. The lowest BCUT2D eigenvalue weighted by Gasteiger charge is -2.34. The Bertz CT molecular complexity index is 1010. The second kappa shape index (κ2) is 8.69. The van der Waals surface area contributed by atoms with E-state index in [1.54, 1.807) is 24.3 Å². The van der Waals surface area contributed by atoms with Crippen molar-refractivity contribution in [2.24, 2.45) is 5.92 Å². The number of hydrogen-bond acceptors (Lipinski definition) is 6. The molecule has 0 bridgehead atoms. The van der Waals surface area contributed by atoms with Gasteiger partial charge in [0, 0.05) is 17.4 Å². The fraction of sp³-hybridized carbons (Fsp3) is 0.400.